The van der Waals surface area contributed by atoms with Gasteiger partial charge in [0, 0.05) is 12.8 Å². The Balaban J connectivity index is 4.45. The SMILES string of the molecule is C=CCCCCCCCCCCCCCCCC(=O)OC[C@H](COP(=O)(O)OC[C@H](N)C(=O)O)OC(=O)CCCC/C=C/C/C=C/C/C=C/CCCCC. The second-order valence-corrected chi connectivity index (χ2v) is 15.3. The fraction of sp³-hybridized carbons (Fsp3) is 0.738. The van der Waals surface area contributed by atoms with Crippen molar-refractivity contribution in [2.45, 2.75) is 180 Å². The van der Waals surface area contributed by atoms with Gasteiger partial charge < -0.3 is 25.2 Å². The van der Waals surface area contributed by atoms with E-state index >= 15 is 0 Å². The molecule has 0 saturated heterocycles. The number of hydrogen-bond donors (Lipinski definition) is 3. The van der Waals surface area contributed by atoms with Crippen LogP contribution in [0.4, 0.5) is 0 Å². The Labute approximate surface area is 326 Å². The molecule has 0 aliphatic rings. The van der Waals surface area contributed by atoms with Gasteiger partial charge in [-0.25, -0.2) is 4.57 Å². The lowest BCUT2D eigenvalue weighted by Crippen LogP contribution is -2.34. The number of hydrogen-bond acceptors (Lipinski definition) is 9. The van der Waals surface area contributed by atoms with E-state index in [2.05, 4.69) is 54.5 Å². The number of phosphoric ester groups is 1. The predicted molar refractivity (Wildman–Crippen MR) is 217 cm³/mol. The minimum absolute atomic E-state index is 0.111. The van der Waals surface area contributed by atoms with Crippen LogP contribution in [-0.4, -0.2) is 59.9 Å². The average Bonchev–Trinajstić information content (AvgIpc) is 3.14. The third-order valence-corrected chi connectivity index (χ3v) is 9.65. The molecule has 0 rings (SSSR count). The van der Waals surface area contributed by atoms with Gasteiger partial charge in [0.15, 0.2) is 6.10 Å². The summed E-state index contributed by atoms with van der Waals surface area (Å²) in [6.07, 6.45) is 39.3. The average molecular weight is 784 g/mol. The highest BCUT2D eigenvalue weighted by Crippen LogP contribution is 2.43. The number of carbonyl (C=O) groups is 3. The number of rotatable bonds is 39. The molecule has 0 heterocycles. The molecule has 3 atom stereocenters. The standard InChI is InChI=1S/C42H74NO10P/c1-3-5-7-9-11-13-15-17-19-21-23-25-27-29-31-33-40(44)50-35-38(36-51-54(48,49)52-37-39(43)42(46)47)53-41(45)34-32-30-28-26-24-22-20-18-16-14-12-10-8-6-4-2/h3,12,14,18,20,24,26,38-39H,1,4-11,13,15-17,19,21-23,25,27-37,43H2,2H3,(H,46,47)(H,48,49)/b14-12+,20-18+,26-24+/t38-,39+/m1/s1. The number of nitrogens with two attached hydrogens (primary N) is 1. The number of ether oxygens (including phenoxy) is 2. The van der Waals surface area contributed by atoms with Gasteiger partial charge in [-0.15, -0.1) is 6.58 Å². The molecule has 12 heteroatoms. The van der Waals surface area contributed by atoms with Gasteiger partial charge in [-0.05, 0) is 64.2 Å². The lowest BCUT2D eigenvalue weighted by atomic mass is 10.0. The molecule has 0 aromatic carbocycles. The first kappa shape index (κ1) is 51.4. The van der Waals surface area contributed by atoms with E-state index in [4.69, 9.17) is 24.8 Å². The highest BCUT2D eigenvalue weighted by Gasteiger charge is 2.28. The number of phosphoric acid groups is 1. The topological polar surface area (TPSA) is 172 Å². The molecule has 0 amide bonds. The first-order valence-electron chi connectivity index (χ1n) is 20.6. The molecule has 0 fully saturated rings. The molecule has 0 aromatic heterocycles. The van der Waals surface area contributed by atoms with Crippen molar-refractivity contribution in [1.29, 1.82) is 0 Å². The van der Waals surface area contributed by atoms with E-state index < -0.39 is 51.1 Å². The van der Waals surface area contributed by atoms with Crippen LogP contribution in [0.25, 0.3) is 0 Å². The molecule has 0 aromatic rings. The molecule has 0 bridgehead atoms. The lowest BCUT2D eigenvalue weighted by Gasteiger charge is -2.20. The molecule has 0 aliphatic heterocycles. The number of carbonyl (C=O) groups excluding carboxylic acids is 2. The lowest BCUT2D eigenvalue weighted by molar-refractivity contribution is -0.161. The van der Waals surface area contributed by atoms with Crippen LogP contribution in [0, 0.1) is 0 Å². The minimum atomic E-state index is -4.72. The molecule has 0 spiro atoms. The highest BCUT2D eigenvalue weighted by atomic mass is 31.2. The fourth-order valence-corrected chi connectivity index (χ4v) is 6.18. The zero-order chi connectivity index (χ0) is 40.0. The van der Waals surface area contributed by atoms with Crippen molar-refractivity contribution < 1.29 is 47.5 Å². The predicted octanol–water partition coefficient (Wildman–Crippen LogP) is 10.6. The van der Waals surface area contributed by atoms with E-state index in [1.165, 1.54) is 77.0 Å². The Morgan fingerprint density at radius 1 is 0.630 bits per heavy atom. The molecule has 4 N–H and O–H groups in total. The van der Waals surface area contributed by atoms with Crippen molar-refractivity contribution in [2.75, 3.05) is 19.8 Å². The normalized spacial score (nSPS) is 14.1. The summed E-state index contributed by atoms with van der Waals surface area (Å²) in [6.45, 7) is 4.24. The van der Waals surface area contributed by atoms with Gasteiger partial charge in [0.1, 0.15) is 12.6 Å². The molecule has 11 nitrogen and oxygen atoms in total. The largest absolute Gasteiger partial charge is 0.480 e. The summed E-state index contributed by atoms with van der Waals surface area (Å²) < 4.78 is 32.6. The van der Waals surface area contributed by atoms with Gasteiger partial charge in [-0.1, -0.05) is 133 Å². The number of carboxylic acid groups (broad SMARTS) is 1. The summed E-state index contributed by atoms with van der Waals surface area (Å²) in [7, 11) is -4.72. The smallest absolute Gasteiger partial charge is 0.472 e. The van der Waals surface area contributed by atoms with Crippen LogP contribution in [0.5, 0.6) is 0 Å². The van der Waals surface area contributed by atoms with E-state index in [0.29, 0.717) is 12.8 Å². The molecule has 0 aliphatic carbocycles. The number of allylic oxidation sites excluding steroid dienone is 7. The van der Waals surface area contributed by atoms with Crippen molar-refractivity contribution in [2.24, 2.45) is 5.73 Å². The Hall–Kier alpha value is -2.56. The summed E-state index contributed by atoms with van der Waals surface area (Å²) in [6, 6.07) is -1.53. The third kappa shape index (κ3) is 36.4. The number of carboxylic acids is 1. The number of unbranched alkanes of at least 4 members (excludes halogenated alkanes) is 18. The summed E-state index contributed by atoms with van der Waals surface area (Å²) >= 11 is 0. The van der Waals surface area contributed by atoms with E-state index in [-0.39, 0.29) is 19.4 Å². The molecular formula is C42H74NO10P. The Kier molecular flexibility index (Phi) is 35.6. The quantitative estimate of drug-likeness (QED) is 0.0234. The van der Waals surface area contributed by atoms with Gasteiger partial charge in [0.2, 0.25) is 0 Å². The van der Waals surface area contributed by atoms with Gasteiger partial charge >= 0.3 is 25.7 Å². The van der Waals surface area contributed by atoms with E-state index in [0.717, 1.165) is 57.8 Å². The second kappa shape index (κ2) is 37.4. The first-order valence-corrected chi connectivity index (χ1v) is 22.1. The van der Waals surface area contributed by atoms with Crippen LogP contribution in [-0.2, 0) is 37.5 Å². The Morgan fingerprint density at radius 2 is 1.07 bits per heavy atom. The maximum atomic E-state index is 12.6. The second-order valence-electron chi connectivity index (χ2n) is 13.9. The summed E-state index contributed by atoms with van der Waals surface area (Å²) in [4.78, 5) is 45.8. The monoisotopic (exact) mass is 784 g/mol. The molecule has 0 saturated carbocycles. The van der Waals surface area contributed by atoms with Gasteiger partial charge in [-0.3, -0.25) is 23.4 Å². The summed E-state index contributed by atoms with van der Waals surface area (Å²) in [5, 5.41) is 8.87. The molecule has 54 heavy (non-hydrogen) atoms. The summed E-state index contributed by atoms with van der Waals surface area (Å²) in [5.74, 6) is -2.43. The van der Waals surface area contributed by atoms with Crippen LogP contribution in [0.1, 0.15) is 167 Å². The molecule has 312 valence electrons. The molecule has 0 radical (unpaired) electrons. The molecule has 1 unspecified atom stereocenters. The summed E-state index contributed by atoms with van der Waals surface area (Å²) in [5.41, 5.74) is 5.32. The maximum absolute atomic E-state index is 12.6. The van der Waals surface area contributed by atoms with Crippen LogP contribution < -0.4 is 5.73 Å². The van der Waals surface area contributed by atoms with E-state index in [9.17, 15) is 23.8 Å². The molecular weight excluding hydrogens is 709 g/mol. The fourth-order valence-electron chi connectivity index (χ4n) is 5.40. The number of aliphatic carboxylic acids is 1. The van der Waals surface area contributed by atoms with Crippen molar-refractivity contribution >= 4 is 25.7 Å². The van der Waals surface area contributed by atoms with Gasteiger partial charge in [0.25, 0.3) is 0 Å². The van der Waals surface area contributed by atoms with E-state index in [1.807, 2.05) is 6.08 Å². The van der Waals surface area contributed by atoms with Crippen molar-refractivity contribution in [3.63, 3.8) is 0 Å². The zero-order valence-corrected chi connectivity index (χ0v) is 34.3. The van der Waals surface area contributed by atoms with Crippen molar-refractivity contribution in [1.82, 2.24) is 0 Å². The highest BCUT2D eigenvalue weighted by molar-refractivity contribution is 7.47. The van der Waals surface area contributed by atoms with Gasteiger partial charge in [-0.2, -0.15) is 0 Å². The Morgan fingerprint density at radius 3 is 1.61 bits per heavy atom. The first-order chi connectivity index (χ1) is 26.1. The van der Waals surface area contributed by atoms with Crippen LogP contribution >= 0.6 is 7.82 Å². The van der Waals surface area contributed by atoms with Crippen LogP contribution in [0.3, 0.4) is 0 Å². The van der Waals surface area contributed by atoms with Crippen molar-refractivity contribution in [3.8, 4) is 0 Å². The van der Waals surface area contributed by atoms with Crippen LogP contribution in [0.2, 0.25) is 0 Å². The van der Waals surface area contributed by atoms with Crippen molar-refractivity contribution in [3.05, 3.63) is 49.1 Å². The van der Waals surface area contributed by atoms with Gasteiger partial charge in [0.05, 0.1) is 13.2 Å². The van der Waals surface area contributed by atoms with E-state index in [1.54, 1.807) is 0 Å². The minimum Gasteiger partial charge on any atom is -0.480 e. The third-order valence-electron chi connectivity index (χ3n) is 8.70. The maximum Gasteiger partial charge on any atom is 0.472 e. The zero-order valence-electron chi connectivity index (χ0n) is 33.4. The Bertz CT molecular complexity index is 1090. The van der Waals surface area contributed by atoms with Crippen LogP contribution in [0.15, 0.2) is 49.1 Å². The number of esters is 2.